The van der Waals surface area contributed by atoms with E-state index in [4.69, 9.17) is 33.0 Å². The Morgan fingerprint density at radius 3 is 2.42 bits per heavy atom. The molecule has 0 spiro atoms. The van der Waals surface area contributed by atoms with E-state index in [0.29, 0.717) is 7.11 Å². The predicted octanol–water partition coefficient (Wildman–Crippen LogP) is 0.506. The second-order valence-electron chi connectivity index (χ2n) is 6.26. The van der Waals surface area contributed by atoms with E-state index in [-0.39, 0.29) is 46.7 Å². The van der Waals surface area contributed by atoms with Crippen LogP contribution in [0.5, 0.6) is 0 Å². The highest BCUT2D eigenvalue weighted by atomic mass is 35.5. The molecule has 1 saturated heterocycles. The molecule has 3 rings (SSSR count). The van der Waals surface area contributed by atoms with Crippen LogP contribution in [0.15, 0.2) is 12.5 Å². The normalized spacial score (nSPS) is 24.9. The number of quaternary nitrogens is 3. The lowest BCUT2D eigenvalue weighted by molar-refractivity contribution is -0.339. The summed E-state index contributed by atoms with van der Waals surface area (Å²) in [6.45, 7) is 0. The van der Waals surface area contributed by atoms with Gasteiger partial charge in [-0.2, -0.15) is 0 Å². The average molecular weight is 600 g/mol. The minimum Gasteiger partial charge on any atom is -0.790 e. The molecule has 23 heteroatoms. The number of hydrogen-bond acceptors (Lipinski definition) is 15. The van der Waals surface area contributed by atoms with E-state index in [0.717, 1.165) is 6.33 Å². The summed E-state index contributed by atoms with van der Waals surface area (Å²) >= 11 is 6.15. The zero-order chi connectivity index (χ0) is 24.8. The average Bonchev–Trinajstić information content (AvgIpc) is 3.17. The molecular weight excluding hydrogens is 575 g/mol. The van der Waals surface area contributed by atoms with Gasteiger partial charge in [0.05, 0.1) is 18.2 Å². The molecule has 5 atom stereocenters. The van der Waals surface area contributed by atoms with Crippen LogP contribution in [0.3, 0.4) is 0 Å². The lowest BCUT2D eigenvalue weighted by atomic mass is 10.1. The van der Waals surface area contributed by atoms with Gasteiger partial charge in [-0.25, -0.2) is 23.4 Å². The third-order valence-corrected chi connectivity index (χ3v) is 8.58. The molecule has 2 aromatic rings. The molecule has 0 bridgehead atoms. The first-order chi connectivity index (χ1) is 15.1. The van der Waals surface area contributed by atoms with Crippen molar-refractivity contribution >= 4 is 51.9 Å². The lowest BCUT2D eigenvalue weighted by Crippen LogP contribution is -2.40. The van der Waals surface area contributed by atoms with Crippen LogP contribution >= 0.6 is 35.1 Å². The Labute approximate surface area is 208 Å². The summed E-state index contributed by atoms with van der Waals surface area (Å²) in [6.07, 6.45) is 4.55. The highest BCUT2D eigenvalue weighted by Crippen LogP contribution is 2.66. The van der Waals surface area contributed by atoms with Gasteiger partial charge in [0.25, 0.3) is 13.6 Å². The Hall–Kier alpha value is -1.52. The van der Waals surface area contributed by atoms with Crippen molar-refractivity contribution in [1.29, 1.82) is 0 Å². The summed E-state index contributed by atoms with van der Waals surface area (Å²) in [6, 6.07) is 0. The fourth-order valence-corrected chi connectivity index (χ4v) is 6.54. The zero-order valence-electron chi connectivity index (χ0n) is 19.2. The number of terminal acetylenes is 1. The van der Waals surface area contributed by atoms with Crippen LogP contribution in [-0.4, -0.2) is 38.6 Å². The Balaban J connectivity index is 0.00000408. The van der Waals surface area contributed by atoms with E-state index >= 15 is 0 Å². The third kappa shape index (κ3) is 7.07. The summed E-state index contributed by atoms with van der Waals surface area (Å²) in [5, 5.41) is 10.9. The monoisotopic (exact) mass is 599 g/mol. The van der Waals surface area contributed by atoms with Gasteiger partial charge in [0.1, 0.15) is 30.1 Å². The number of nitrogen functional groups attached to an aromatic ring is 1. The van der Waals surface area contributed by atoms with Gasteiger partial charge in [0.2, 0.25) is 0 Å². The van der Waals surface area contributed by atoms with E-state index in [2.05, 4.69) is 23.1 Å². The van der Waals surface area contributed by atoms with Crippen molar-refractivity contribution in [3.05, 3.63) is 17.5 Å². The Kier molecular flexibility index (Phi) is 11.4. The number of hydrogen-bond donors (Lipinski definition) is 5. The molecule has 1 fully saturated rings. The fourth-order valence-electron chi connectivity index (χ4n) is 2.88. The van der Waals surface area contributed by atoms with Gasteiger partial charge in [-0.3, -0.25) is 13.4 Å². The maximum Gasteiger partial charge on any atom is 0.484 e. The van der Waals surface area contributed by atoms with Crippen molar-refractivity contribution in [3.63, 3.8) is 0 Å². The number of nitrogens with two attached hydrogens (primary N) is 1. The first-order valence-electron chi connectivity index (χ1n) is 8.37. The molecule has 0 aliphatic carbocycles. The molecule has 0 radical (unpaired) electrons. The number of rotatable bonds is 8. The van der Waals surface area contributed by atoms with Crippen LogP contribution in [0.4, 0.5) is 5.82 Å². The quantitative estimate of drug-likeness (QED) is 0.203. The van der Waals surface area contributed by atoms with E-state index in [1.807, 2.05) is 5.92 Å². The number of halogens is 1. The predicted molar refractivity (Wildman–Crippen MR) is 120 cm³/mol. The Bertz CT molecular complexity index is 1270. The summed E-state index contributed by atoms with van der Waals surface area (Å²) in [7, 11) is -16.9. The molecule has 2 unspecified atom stereocenters. The summed E-state index contributed by atoms with van der Waals surface area (Å²) < 4.78 is 58.2. The summed E-state index contributed by atoms with van der Waals surface area (Å²) in [5.41, 5.74) is 5.95. The van der Waals surface area contributed by atoms with Crippen molar-refractivity contribution in [2.75, 3.05) is 12.8 Å². The van der Waals surface area contributed by atoms with Gasteiger partial charge in [0.15, 0.2) is 0 Å². The van der Waals surface area contributed by atoms with E-state index < -0.39 is 41.6 Å². The number of anilines is 1. The van der Waals surface area contributed by atoms with Crippen LogP contribution in [0.1, 0.15) is 12.6 Å². The van der Waals surface area contributed by atoms with Crippen molar-refractivity contribution in [2.45, 2.75) is 24.5 Å². The number of aromatic nitrogens is 3. The van der Waals surface area contributed by atoms with Crippen LogP contribution in [-0.2, 0) is 36.1 Å². The van der Waals surface area contributed by atoms with Gasteiger partial charge in [-0.1, -0.05) is 11.6 Å². The van der Waals surface area contributed by atoms with Gasteiger partial charge >= 0.3 is 7.82 Å². The van der Waals surface area contributed by atoms with Crippen LogP contribution < -0.4 is 38.9 Å². The SMILES string of the molecule is C#C[C@]1(OP(=O)(OC)OP(=O)([O-])OP(=O)([O-])[O-])O[C@@H](n2cc(Cl)c3c(N)ncnc32)C[C@@H]1O.[NH4+].[NH4+].[NH4+]. The standard InChI is InChI=1S/C13H16ClN4O12P3.3H3N/c1-3-13(28-33(25,26-2)30-32(23,24)29-31(20,21)22)8(19)4-9(27-13)18-5-7(14)10-11(15)16-6-17-12(10)18;;;/h1,5-6,8-9,19H,4H2,2H3,(H,23,24)(H2,15,16,17)(H2,20,21,22);3*1H3/t8-,9+,13+,33?;;;/m0.../s1. The number of aliphatic hydroxyl groups is 1. The minimum atomic E-state index is -6.12. The molecule has 206 valence electrons. The molecule has 1 aliphatic heterocycles. The van der Waals surface area contributed by atoms with Gasteiger partial charge < -0.3 is 57.8 Å². The second-order valence-corrected chi connectivity index (χ2v) is 11.2. The third-order valence-electron chi connectivity index (χ3n) is 4.15. The van der Waals surface area contributed by atoms with Gasteiger partial charge in [-0.05, 0) is 5.92 Å². The highest BCUT2D eigenvalue weighted by molar-refractivity contribution is 7.65. The Morgan fingerprint density at radius 2 is 1.89 bits per heavy atom. The molecule has 0 saturated carbocycles. The van der Waals surface area contributed by atoms with E-state index in [1.54, 1.807) is 0 Å². The number of phosphoric acid groups is 3. The first kappa shape index (κ1) is 34.5. The Morgan fingerprint density at radius 1 is 1.28 bits per heavy atom. The largest absolute Gasteiger partial charge is 0.790 e. The molecule has 0 aromatic carbocycles. The molecule has 3 heterocycles. The van der Waals surface area contributed by atoms with Crippen molar-refractivity contribution < 1.29 is 55.9 Å². The molecule has 2 aromatic heterocycles. The van der Waals surface area contributed by atoms with Gasteiger partial charge in [0, 0.05) is 19.7 Å². The van der Waals surface area contributed by atoms with Crippen LogP contribution in [0, 0.1) is 12.3 Å². The highest BCUT2D eigenvalue weighted by Gasteiger charge is 2.55. The number of ether oxygens (including phenoxy) is 1. The molecule has 15 N–H and O–H groups in total. The summed E-state index contributed by atoms with van der Waals surface area (Å²) in [4.78, 5) is 40.6. The molecule has 36 heavy (non-hydrogen) atoms. The van der Waals surface area contributed by atoms with Crippen molar-refractivity contribution in [2.24, 2.45) is 0 Å². The molecular formula is C13H25ClN7O12P3. The van der Waals surface area contributed by atoms with Gasteiger partial charge in [-0.15, -0.1) is 6.42 Å². The maximum atomic E-state index is 12.7. The zero-order valence-corrected chi connectivity index (χ0v) is 22.6. The molecule has 19 nitrogen and oxygen atoms in total. The number of nitrogens with zero attached hydrogens (tertiary/aromatic N) is 3. The first-order valence-corrected chi connectivity index (χ1v) is 13.1. The number of fused-ring (bicyclic) bond motifs is 1. The lowest BCUT2D eigenvalue weighted by Gasteiger charge is -2.37. The topological polar surface area (TPSA) is 353 Å². The van der Waals surface area contributed by atoms with Crippen molar-refractivity contribution in [3.8, 4) is 12.3 Å². The van der Waals surface area contributed by atoms with E-state index in [9.17, 15) is 33.5 Å². The van der Waals surface area contributed by atoms with Crippen molar-refractivity contribution in [1.82, 2.24) is 33.0 Å². The number of phosphoric ester groups is 1. The fraction of sp³-hybridized carbons (Fsp3) is 0.385. The second kappa shape index (κ2) is 11.9. The minimum absolute atomic E-state index is 0. The number of aliphatic hydroxyl groups excluding tert-OH is 1. The van der Waals surface area contributed by atoms with Crippen LogP contribution in [0.25, 0.3) is 11.0 Å². The molecule has 1 aliphatic rings. The summed E-state index contributed by atoms with van der Waals surface area (Å²) in [5.74, 6) is -0.725. The maximum absolute atomic E-state index is 12.7. The smallest absolute Gasteiger partial charge is 0.484 e. The van der Waals surface area contributed by atoms with E-state index in [1.165, 1.54) is 10.8 Å². The van der Waals surface area contributed by atoms with Crippen LogP contribution in [0.2, 0.25) is 5.02 Å². The molecule has 0 amide bonds.